The molecule has 7 nitrogen and oxygen atoms in total. The van der Waals surface area contributed by atoms with Gasteiger partial charge in [0.2, 0.25) is 0 Å². The van der Waals surface area contributed by atoms with Crippen molar-refractivity contribution in [2.45, 2.75) is 50.8 Å². The van der Waals surface area contributed by atoms with Gasteiger partial charge < -0.3 is 14.4 Å². The number of ether oxygens (including phenoxy) is 2. The summed E-state index contributed by atoms with van der Waals surface area (Å²) in [7, 11) is 1.86. The fourth-order valence-electron chi connectivity index (χ4n) is 5.22. The molecule has 5 rings (SSSR count). The van der Waals surface area contributed by atoms with E-state index in [1.54, 1.807) is 10.9 Å². The highest BCUT2D eigenvalue weighted by atomic mass is 32.1. The van der Waals surface area contributed by atoms with E-state index in [1.807, 2.05) is 25.2 Å². The Morgan fingerprint density at radius 3 is 2.86 bits per heavy atom. The van der Waals surface area contributed by atoms with Crippen LogP contribution in [-0.4, -0.2) is 70.6 Å². The highest BCUT2D eigenvalue weighted by Gasteiger charge is 2.30. The monoisotopic (exact) mass is 536 g/mol. The van der Waals surface area contributed by atoms with Crippen molar-refractivity contribution in [1.29, 1.82) is 0 Å². The maximum Gasteiger partial charge on any atom is 0.422 e. The molecule has 0 saturated carbocycles. The van der Waals surface area contributed by atoms with Gasteiger partial charge >= 0.3 is 6.18 Å². The lowest BCUT2D eigenvalue weighted by atomic mass is 9.90. The third-order valence-electron chi connectivity index (χ3n) is 7.21. The summed E-state index contributed by atoms with van der Waals surface area (Å²) in [4.78, 5) is 20.7. The smallest absolute Gasteiger partial charge is 0.422 e. The summed E-state index contributed by atoms with van der Waals surface area (Å²) in [6.45, 7) is 1.86. The maximum absolute atomic E-state index is 13.0. The largest absolute Gasteiger partial charge is 0.460 e. The molecule has 1 fully saturated rings. The number of benzene rings is 1. The quantitative estimate of drug-likeness (QED) is 0.384. The minimum atomic E-state index is -4.36. The van der Waals surface area contributed by atoms with Crippen LogP contribution in [0.25, 0.3) is 10.9 Å². The van der Waals surface area contributed by atoms with Crippen LogP contribution in [0.3, 0.4) is 0 Å². The lowest BCUT2D eigenvalue weighted by Gasteiger charge is -2.30. The Balaban J connectivity index is 1.04. The standard InChI is InChI=1S/C26H31F3N4O3S/c1-32-24-18(14-30-32)3-2-4-20(24)22(34)13-17-5-6-19(35-15-17)7-10-33-11-8-21-23(9-12-33)37-25(31-21)36-16-26(27,28)29/h2-4,14,17,19H,5-13,15-16H2,1H3/t17-,19-/m1/s1. The molecular weight excluding hydrogens is 505 g/mol. The molecular formula is C26H31F3N4O3S. The average molecular weight is 537 g/mol. The molecule has 0 N–H and O–H groups in total. The third kappa shape index (κ3) is 6.50. The molecule has 200 valence electrons. The average Bonchev–Trinajstić information content (AvgIpc) is 3.40. The summed E-state index contributed by atoms with van der Waals surface area (Å²) in [6.07, 6.45) is 2.40. The van der Waals surface area contributed by atoms with E-state index in [9.17, 15) is 18.0 Å². The minimum Gasteiger partial charge on any atom is -0.460 e. The van der Waals surface area contributed by atoms with Crippen molar-refractivity contribution in [2.75, 3.05) is 32.8 Å². The molecule has 0 bridgehead atoms. The van der Waals surface area contributed by atoms with Crippen LogP contribution >= 0.6 is 11.3 Å². The summed E-state index contributed by atoms with van der Waals surface area (Å²) in [5.41, 5.74) is 2.46. The van der Waals surface area contributed by atoms with Gasteiger partial charge in [0.05, 0.1) is 30.1 Å². The van der Waals surface area contributed by atoms with E-state index in [4.69, 9.17) is 9.47 Å². The number of halogens is 3. The van der Waals surface area contributed by atoms with E-state index >= 15 is 0 Å². The van der Waals surface area contributed by atoms with E-state index in [0.717, 1.165) is 72.4 Å². The van der Waals surface area contributed by atoms with Crippen LogP contribution in [0.1, 0.15) is 46.6 Å². The number of aromatic nitrogens is 3. The Labute approximate surface area is 217 Å². The first-order valence-electron chi connectivity index (χ1n) is 12.7. The van der Waals surface area contributed by atoms with Crippen LogP contribution in [0, 0.1) is 5.92 Å². The molecule has 2 aromatic heterocycles. The first-order valence-corrected chi connectivity index (χ1v) is 13.5. The van der Waals surface area contributed by atoms with Gasteiger partial charge in [-0.25, -0.2) is 4.98 Å². The van der Waals surface area contributed by atoms with Crippen molar-refractivity contribution in [3.8, 4) is 5.19 Å². The predicted octanol–water partition coefficient (Wildman–Crippen LogP) is 4.83. The van der Waals surface area contributed by atoms with Crippen LogP contribution in [-0.2, 0) is 24.6 Å². The topological polar surface area (TPSA) is 69.5 Å². The number of nitrogens with zero attached hydrogens (tertiary/aromatic N) is 4. The first-order chi connectivity index (χ1) is 17.7. The third-order valence-corrected chi connectivity index (χ3v) is 8.27. The van der Waals surface area contributed by atoms with Gasteiger partial charge in [0.15, 0.2) is 12.4 Å². The molecule has 11 heteroatoms. The Morgan fingerprint density at radius 1 is 1.24 bits per heavy atom. The van der Waals surface area contributed by atoms with E-state index in [2.05, 4.69) is 15.0 Å². The molecule has 0 radical (unpaired) electrons. The van der Waals surface area contributed by atoms with Crippen LogP contribution in [0.4, 0.5) is 13.2 Å². The molecule has 2 aliphatic rings. The summed E-state index contributed by atoms with van der Waals surface area (Å²) >= 11 is 1.23. The molecule has 2 aliphatic heterocycles. The number of carbonyl (C=O) groups excluding carboxylic acids is 1. The summed E-state index contributed by atoms with van der Waals surface area (Å²) in [5.74, 6) is 0.361. The van der Waals surface area contributed by atoms with E-state index in [0.29, 0.717) is 19.4 Å². The number of fused-ring (bicyclic) bond motifs is 2. The lowest BCUT2D eigenvalue weighted by Crippen LogP contribution is -2.33. The number of alkyl halides is 3. The minimum absolute atomic E-state index is 0.108. The van der Waals surface area contributed by atoms with Crippen molar-refractivity contribution in [3.05, 3.63) is 40.5 Å². The number of hydrogen-bond acceptors (Lipinski definition) is 7. The number of thiazole rings is 1. The van der Waals surface area contributed by atoms with Crippen molar-refractivity contribution in [3.63, 3.8) is 0 Å². The Morgan fingerprint density at radius 2 is 2.08 bits per heavy atom. The van der Waals surface area contributed by atoms with Gasteiger partial charge in [0.1, 0.15) is 0 Å². The number of Topliss-reactive ketones (excluding diaryl/α,β-unsaturated/α-hetero) is 1. The number of para-hydroxylation sites is 1. The van der Waals surface area contributed by atoms with Gasteiger partial charge in [-0.3, -0.25) is 9.48 Å². The number of hydrogen-bond donors (Lipinski definition) is 0. The number of rotatable bonds is 8. The van der Waals surface area contributed by atoms with Gasteiger partial charge in [-0.15, -0.1) is 0 Å². The zero-order valence-corrected chi connectivity index (χ0v) is 21.6. The van der Waals surface area contributed by atoms with Crippen LogP contribution in [0.15, 0.2) is 24.4 Å². The second-order valence-electron chi connectivity index (χ2n) is 9.92. The van der Waals surface area contributed by atoms with E-state index in [-0.39, 0.29) is 23.0 Å². The number of aryl methyl sites for hydroxylation is 1. The zero-order valence-electron chi connectivity index (χ0n) is 20.8. The SMILES string of the molecule is Cn1ncc2cccc(C(=O)C[C@H]3CC[C@H](CCN4CCc5nc(OCC(F)(F)F)sc5CC4)OC3)c21. The van der Waals surface area contributed by atoms with E-state index in [1.165, 1.54) is 11.3 Å². The number of ketones is 1. The normalized spacial score (nSPS) is 21.1. The first kappa shape index (κ1) is 26.1. The maximum atomic E-state index is 13.0. The molecule has 37 heavy (non-hydrogen) atoms. The molecule has 4 heterocycles. The highest BCUT2D eigenvalue weighted by Crippen LogP contribution is 2.30. The fourth-order valence-corrected chi connectivity index (χ4v) is 6.16. The zero-order chi connectivity index (χ0) is 26.0. The predicted molar refractivity (Wildman–Crippen MR) is 134 cm³/mol. The summed E-state index contributed by atoms with van der Waals surface area (Å²) in [6, 6.07) is 5.76. The lowest BCUT2D eigenvalue weighted by molar-refractivity contribution is -0.153. The molecule has 3 aromatic rings. The van der Waals surface area contributed by atoms with Gasteiger partial charge in [-0.2, -0.15) is 18.3 Å². The van der Waals surface area contributed by atoms with Crippen molar-refractivity contribution < 1.29 is 27.4 Å². The highest BCUT2D eigenvalue weighted by molar-refractivity contribution is 7.13. The van der Waals surface area contributed by atoms with Crippen molar-refractivity contribution in [2.24, 2.45) is 13.0 Å². The molecule has 0 spiro atoms. The Hall–Kier alpha value is -2.50. The van der Waals surface area contributed by atoms with E-state index < -0.39 is 12.8 Å². The molecule has 0 aliphatic carbocycles. The second kappa shape index (κ2) is 11.1. The molecule has 0 amide bonds. The van der Waals surface area contributed by atoms with Crippen molar-refractivity contribution in [1.82, 2.24) is 19.7 Å². The van der Waals surface area contributed by atoms with Gasteiger partial charge in [-0.1, -0.05) is 23.5 Å². The molecule has 1 saturated heterocycles. The molecule has 1 aromatic carbocycles. The second-order valence-corrected chi connectivity index (χ2v) is 11.0. The summed E-state index contributed by atoms with van der Waals surface area (Å²) < 4.78 is 49.9. The fraction of sp³-hybridized carbons (Fsp3) is 0.577. The van der Waals surface area contributed by atoms with Gasteiger partial charge in [-0.05, 0) is 37.7 Å². The van der Waals surface area contributed by atoms with Gasteiger partial charge in [0.25, 0.3) is 5.19 Å². The van der Waals surface area contributed by atoms with Crippen molar-refractivity contribution >= 4 is 28.0 Å². The summed E-state index contributed by atoms with van der Waals surface area (Å²) in [5, 5.41) is 5.36. The molecule has 0 unspecified atom stereocenters. The Bertz CT molecular complexity index is 1210. The van der Waals surface area contributed by atoms with Gasteiger partial charge in [0, 0.05) is 55.4 Å². The van der Waals surface area contributed by atoms with Crippen LogP contribution in [0.5, 0.6) is 5.19 Å². The Kier molecular flexibility index (Phi) is 7.83. The number of carbonyl (C=O) groups is 1. The van der Waals surface area contributed by atoms with Crippen LogP contribution in [0.2, 0.25) is 0 Å². The molecule has 2 atom stereocenters. The van der Waals surface area contributed by atoms with Crippen LogP contribution < -0.4 is 4.74 Å².